The smallest absolute Gasteiger partial charge is 0.135 e. The number of aliphatic hydroxyl groups excluding tert-OH is 1. The molecule has 108 valence electrons. The molecule has 0 amide bonds. The van der Waals surface area contributed by atoms with E-state index in [1.807, 2.05) is 0 Å². The lowest BCUT2D eigenvalue weighted by Gasteiger charge is -2.31. The molecule has 3 heteroatoms. The Labute approximate surface area is 120 Å². The Morgan fingerprint density at radius 3 is 2.90 bits per heavy atom. The van der Waals surface area contributed by atoms with Crippen molar-refractivity contribution in [3.63, 3.8) is 0 Å². The molecule has 20 heavy (non-hydrogen) atoms. The van der Waals surface area contributed by atoms with E-state index in [-0.39, 0.29) is 18.5 Å². The first kappa shape index (κ1) is 14.9. The van der Waals surface area contributed by atoms with Gasteiger partial charge in [-0.2, -0.15) is 0 Å². The van der Waals surface area contributed by atoms with Crippen LogP contribution in [0.5, 0.6) is 5.75 Å². The fourth-order valence-corrected chi connectivity index (χ4v) is 2.80. The molecular weight excluding hydrogens is 255 g/mol. The summed E-state index contributed by atoms with van der Waals surface area (Å²) in [4.78, 5) is 0. The highest BCUT2D eigenvalue weighted by Gasteiger charge is 2.25. The van der Waals surface area contributed by atoms with Crippen LogP contribution < -0.4 is 4.74 Å². The van der Waals surface area contributed by atoms with Gasteiger partial charge < -0.3 is 9.84 Å². The molecule has 1 aromatic rings. The third-order valence-electron chi connectivity index (χ3n) is 3.89. The van der Waals surface area contributed by atoms with Gasteiger partial charge >= 0.3 is 0 Å². The molecule has 2 rings (SSSR count). The zero-order valence-corrected chi connectivity index (χ0v) is 11.9. The highest BCUT2D eigenvalue weighted by molar-refractivity contribution is 5.46. The van der Waals surface area contributed by atoms with Crippen molar-refractivity contribution < 1.29 is 14.2 Å². The first-order valence-electron chi connectivity index (χ1n) is 7.30. The molecule has 1 saturated carbocycles. The van der Waals surface area contributed by atoms with Gasteiger partial charge in [0.15, 0.2) is 0 Å². The Morgan fingerprint density at radius 2 is 2.15 bits per heavy atom. The second-order valence-electron chi connectivity index (χ2n) is 5.21. The van der Waals surface area contributed by atoms with Crippen molar-refractivity contribution >= 4 is 0 Å². The number of hydrogen-bond acceptors (Lipinski definition) is 2. The van der Waals surface area contributed by atoms with E-state index >= 15 is 0 Å². The van der Waals surface area contributed by atoms with Gasteiger partial charge in [0.25, 0.3) is 0 Å². The first-order chi connectivity index (χ1) is 9.74. The zero-order valence-electron chi connectivity index (χ0n) is 11.9. The van der Waals surface area contributed by atoms with Crippen LogP contribution in [0.25, 0.3) is 0 Å². The van der Waals surface area contributed by atoms with Crippen LogP contribution in [0.1, 0.15) is 44.6 Å². The van der Waals surface area contributed by atoms with Gasteiger partial charge in [-0.05, 0) is 49.8 Å². The van der Waals surface area contributed by atoms with Gasteiger partial charge in [0.1, 0.15) is 24.3 Å². The molecule has 0 saturated heterocycles. The van der Waals surface area contributed by atoms with Gasteiger partial charge in [0.05, 0.1) is 5.56 Å². The molecule has 0 aromatic heterocycles. The summed E-state index contributed by atoms with van der Waals surface area (Å²) in [6.07, 6.45) is 5.97. The first-order valence-corrected chi connectivity index (χ1v) is 7.30. The Bertz CT molecular complexity index is 501. The minimum absolute atomic E-state index is 0.189. The van der Waals surface area contributed by atoms with Crippen molar-refractivity contribution in [2.45, 2.75) is 45.1 Å². The van der Waals surface area contributed by atoms with E-state index in [0.717, 1.165) is 12.8 Å². The number of ether oxygens (including phenoxy) is 1. The van der Waals surface area contributed by atoms with E-state index < -0.39 is 0 Å². The summed E-state index contributed by atoms with van der Waals surface area (Å²) in [6, 6.07) is 4.39. The van der Waals surface area contributed by atoms with E-state index in [1.165, 1.54) is 31.4 Å². The molecule has 2 atom stereocenters. The van der Waals surface area contributed by atoms with Crippen LogP contribution in [0.4, 0.5) is 4.39 Å². The summed E-state index contributed by atoms with van der Waals surface area (Å²) < 4.78 is 19.4. The lowest BCUT2D eigenvalue weighted by atomic mass is 9.84. The highest BCUT2D eigenvalue weighted by Crippen LogP contribution is 2.31. The Balaban J connectivity index is 2.19. The maximum absolute atomic E-state index is 13.3. The number of halogens is 1. The molecule has 1 aliphatic carbocycles. The molecule has 0 spiro atoms. The molecule has 1 fully saturated rings. The van der Waals surface area contributed by atoms with Crippen LogP contribution in [-0.4, -0.2) is 17.8 Å². The fraction of sp³-hybridized carbons (Fsp3) is 0.529. The molecule has 2 unspecified atom stereocenters. The van der Waals surface area contributed by atoms with Crippen LogP contribution in [0.15, 0.2) is 18.2 Å². The van der Waals surface area contributed by atoms with Crippen LogP contribution in [0, 0.1) is 23.6 Å². The van der Waals surface area contributed by atoms with Gasteiger partial charge in [0.2, 0.25) is 0 Å². The zero-order chi connectivity index (χ0) is 14.4. The van der Waals surface area contributed by atoms with Crippen molar-refractivity contribution in [1.29, 1.82) is 0 Å². The summed E-state index contributed by atoms with van der Waals surface area (Å²) in [5, 5.41) is 8.78. The summed E-state index contributed by atoms with van der Waals surface area (Å²) in [5.74, 6) is 6.16. The van der Waals surface area contributed by atoms with Gasteiger partial charge in [-0.25, -0.2) is 4.39 Å². The Morgan fingerprint density at radius 1 is 1.35 bits per heavy atom. The summed E-state index contributed by atoms with van der Waals surface area (Å²) in [5.41, 5.74) is 0.513. The third kappa shape index (κ3) is 3.74. The highest BCUT2D eigenvalue weighted by atomic mass is 19.1. The average molecular weight is 276 g/mol. The van der Waals surface area contributed by atoms with Crippen LogP contribution in [-0.2, 0) is 0 Å². The molecule has 1 N–H and O–H groups in total. The monoisotopic (exact) mass is 276 g/mol. The van der Waals surface area contributed by atoms with E-state index in [1.54, 1.807) is 6.07 Å². The second kappa shape index (κ2) is 7.31. The normalized spacial score (nSPS) is 21.9. The lowest BCUT2D eigenvalue weighted by molar-refractivity contribution is 0.0900. The molecule has 1 aliphatic rings. The standard InChI is InChI=1S/C17H21FO2/c1-2-13-6-3-4-8-16(13)20-17-10-9-15(18)12-14(17)7-5-11-19/h9-10,12-13,16,19H,2-4,6,8,11H2,1H3. The molecule has 0 radical (unpaired) electrons. The number of hydrogen-bond donors (Lipinski definition) is 1. The Kier molecular flexibility index (Phi) is 5.43. The average Bonchev–Trinajstić information content (AvgIpc) is 2.48. The summed E-state index contributed by atoms with van der Waals surface area (Å²) in [6.45, 7) is 1.94. The van der Waals surface area contributed by atoms with Crippen molar-refractivity contribution in [2.24, 2.45) is 5.92 Å². The lowest BCUT2D eigenvalue weighted by Crippen LogP contribution is -2.30. The molecular formula is C17H21FO2. The quantitative estimate of drug-likeness (QED) is 0.856. The topological polar surface area (TPSA) is 29.5 Å². The maximum Gasteiger partial charge on any atom is 0.135 e. The number of aliphatic hydroxyl groups is 1. The van der Waals surface area contributed by atoms with Crippen molar-refractivity contribution in [1.82, 2.24) is 0 Å². The minimum atomic E-state index is -0.338. The van der Waals surface area contributed by atoms with E-state index in [9.17, 15) is 4.39 Å². The van der Waals surface area contributed by atoms with Crippen molar-refractivity contribution in [3.05, 3.63) is 29.6 Å². The number of benzene rings is 1. The third-order valence-corrected chi connectivity index (χ3v) is 3.89. The second-order valence-corrected chi connectivity index (χ2v) is 5.21. The van der Waals surface area contributed by atoms with E-state index in [4.69, 9.17) is 9.84 Å². The van der Waals surface area contributed by atoms with Crippen molar-refractivity contribution in [3.8, 4) is 17.6 Å². The van der Waals surface area contributed by atoms with Gasteiger partial charge in [0, 0.05) is 0 Å². The molecule has 1 aromatic carbocycles. The minimum Gasteiger partial charge on any atom is -0.489 e. The fourth-order valence-electron chi connectivity index (χ4n) is 2.80. The molecule has 0 bridgehead atoms. The van der Waals surface area contributed by atoms with Crippen LogP contribution >= 0.6 is 0 Å². The van der Waals surface area contributed by atoms with Gasteiger partial charge in [-0.15, -0.1) is 0 Å². The molecule has 0 aliphatic heterocycles. The van der Waals surface area contributed by atoms with E-state index in [2.05, 4.69) is 18.8 Å². The van der Waals surface area contributed by atoms with Gasteiger partial charge in [-0.1, -0.05) is 25.2 Å². The molecule has 0 heterocycles. The van der Waals surface area contributed by atoms with Crippen LogP contribution in [0.2, 0.25) is 0 Å². The van der Waals surface area contributed by atoms with Crippen LogP contribution in [0.3, 0.4) is 0 Å². The SMILES string of the molecule is CCC1CCCCC1Oc1ccc(F)cc1C#CCO. The summed E-state index contributed by atoms with van der Waals surface area (Å²) in [7, 11) is 0. The predicted molar refractivity (Wildman–Crippen MR) is 77.0 cm³/mol. The number of rotatable bonds is 3. The largest absolute Gasteiger partial charge is 0.489 e. The predicted octanol–water partition coefficient (Wildman–Crippen LogP) is 3.52. The maximum atomic E-state index is 13.3. The molecule has 2 nitrogen and oxygen atoms in total. The van der Waals surface area contributed by atoms with E-state index in [0.29, 0.717) is 17.2 Å². The Hall–Kier alpha value is -1.53. The van der Waals surface area contributed by atoms with Crippen molar-refractivity contribution in [2.75, 3.05) is 6.61 Å². The summed E-state index contributed by atoms with van der Waals surface area (Å²) >= 11 is 0. The van der Waals surface area contributed by atoms with Gasteiger partial charge in [-0.3, -0.25) is 0 Å².